The molecule has 0 aliphatic carbocycles. The first kappa shape index (κ1) is 23.4. The summed E-state index contributed by atoms with van der Waals surface area (Å²) >= 11 is 5.71. The molecule has 0 unspecified atom stereocenters. The van der Waals surface area contributed by atoms with Crippen LogP contribution < -0.4 is 5.32 Å². The molecule has 0 spiro atoms. The number of aromatic hydroxyl groups is 1. The lowest BCUT2D eigenvalue weighted by molar-refractivity contribution is -0.405. The molecule has 3 rings (SSSR count). The Kier molecular flexibility index (Phi) is 7.98. The van der Waals surface area contributed by atoms with E-state index in [9.17, 15) is 18.5 Å². The molecule has 2 heterocycles. The van der Waals surface area contributed by atoms with Crippen LogP contribution in [0.1, 0.15) is 17.5 Å². The van der Waals surface area contributed by atoms with E-state index in [1.54, 1.807) is 12.3 Å². The van der Waals surface area contributed by atoms with Crippen molar-refractivity contribution in [1.29, 1.82) is 0 Å². The van der Waals surface area contributed by atoms with E-state index in [4.69, 9.17) is 21.3 Å². The standard InChI is InChI=1S/C11H13ClN4O2.C7H8O4S/c12-10-3-2-9(6-14-10)7-15-5-1-4-13-11(15)8-16(17)18;1-5-2-3-6(8)4-7(5)12(9,10)11/h2-3,6,8,13H,1,4-5,7H2;2-4,8H,1H3,(H,9,10,11). The molecule has 30 heavy (non-hydrogen) atoms. The minimum Gasteiger partial charge on any atom is -0.508 e. The highest BCUT2D eigenvalue weighted by atomic mass is 35.5. The van der Waals surface area contributed by atoms with Crippen LogP contribution in [-0.2, 0) is 16.7 Å². The average molecular weight is 457 g/mol. The predicted molar refractivity (Wildman–Crippen MR) is 110 cm³/mol. The number of nitrogens with one attached hydrogen (secondary N) is 1. The fourth-order valence-corrected chi connectivity index (χ4v) is 3.55. The largest absolute Gasteiger partial charge is 0.508 e. The molecule has 3 N–H and O–H groups in total. The highest BCUT2D eigenvalue weighted by Crippen LogP contribution is 2.20. The Morgan fingerprint density at radius 3 is 2.67 bits per heavy atom. The molecule has 0 bridgehead atoms. The molecule has 1 aromatic heterocycles. The number of rotatable bonds is 4. The Bertz CT molecular complexity index is 1030. The Morgan fingerprint density at radius 2 is 2.10 bits per heavy atom. The van der Waals surface area contributed by atoms with Crippen molar-refractivity contribution in [3.63, 3.8) is 0 Å². The molecule has 162 valence electrons. The third-order valence-electron chi connectivity index (χ3n) is 4.09. The first-order valence-electron chi connectivity index (χ1n) is 8.78. The predicted octanol–water partition coefficient (Wildman–Crippen LogP) is 2.55. The summed E-state index contributed by atoms with van der Waals surface area (Å²) in [7, 11) is -4.22. The van der Waals surface area contributed by atoms with Gasteiger partial charge >= 0.3 is 0 Å². The van der Waals surface area contributed by atoms with Gasteiger partial charge in [-0.05, 0) is 36.6 Å². The number of halogens is 1. The van der Waals surface area contributed by atoms with Crippen molar-refractivity contribution in [2.24, 2.45) is 0 Å². The maximum atomic E-state index is 10.7. The molecular weight excluding hydrogens is 436 g/mol. The molecule has 10 nitrogen and oxygen atoms in total. The maximum absolute atomic E-state index is 10.7. The molecule has 1 aliphatic heterocycles. The topological polar surface area (TPSA) is 146 Å². The van der Waals surface area contributed by atoms with Gasteiger partial charge < -0.3 is 15.3 Å². The molecule has 2 aromatic rings. The lowest BCUT2D eigenvalue weighted by atomic mass is 10.2. The number of nitro groups is 1. The summed E-state index contributed by atoms with van der Waals surface area (Å²) < 4.78 is 30.0. The van der Waals surface area contributed by atoms with Crippen LogP contribution in [0.3, 0.4) is 0 Å². The number of benzene rings is 1. The normalized spacial score (nSPS) is 15.2. The molecule has 1 saturated heterocycles. The summed E-state index contributed by atoms with van der Waals surface area (Å²) in [4.78, 5) is 15.8. The number of hydrogen-bond donors (Lipinski definition) is 3. The maximum Gasteiger partial charge on any atom is 0.294 e. The van der Waals surface area contributed by atoms with Crippen molar-refractivity contribution in [3.05, 3.63) is 74.9 Å². The molecular formula is C18H21ClN4O6S. The van der Waals surface area contributed by atoms with Crippen molar-refractivity contribution >= 4 is 21.7 Å². The van der Waals surface area contributed by atoms with Gasteiger partial charge in [0.1, 0.15) is 15.8 Å². The van der Waals surface area contributed by atoms with Gasteiger partial charge in [-0.3, -0.25) is 14.7 Å². The minimum atomic E-state index is -4.22. The summed E-state index contributed by atoms with van der Waals surface area (Å²) in [5.41, 5.74) is 1.37. The molecule has 1 aliphatic rings. The van der Waals surface area contributed by atoms with Crippen molar-refractivity contribution in [2.75, 3.05) is 13.1 Å². The zero-order chi connectivity index (χ0) is 22.3. The summed E-state index contributed by atoms with van der Waals surface area (Å²) in [6.45, 7) is 3.66. The van der Waals surface area contributed by atoms with E-state index in [1.807, 2.05) is 11.0 Å². The van der Waals surface area contributed by atoms with Crippen molar-refractivity contribution in [1.82, 2.24) is 15.2 Å². The van der Waals surface area contributed by atoms with E-state index in [1.165, 1.54) is 19.1 Å². The fraction of sp³-hybridized carbons (Fsp3) is 0.278. The first-order chi connectivity index (χ1) is 14.1. The van der Waals surface area contributed by atoms with Gasteiger partial charge in [0, 0.05) is 31.9 Å². The Labute approximate surface area is 178 Å². The summed E-state index contributed by atoms with van der Waals surface area (Å²) in [5, 5.41) is 22.9. The van der Waals surface area contributed by atoms with Gasteiger partial charge in [-0.25, -0.2) is 4.98 Å². The number of aromatic nitrogens is 1. The van der Waals surface area contributed by atoms with Gasteiger partial charge in [0.25, 0.3) is 16.3 Å². The Balaban J connectivity index is 0.000000232. The minimum absolute atomic E-state index is 0.187. The van der Waals surface area contributed by atoms with E-state index in [0.29, 0.717) is 23.1 Å². The summed E-state index contributed by atoms with van der Waals surface area (Å²) in [6, 6.07) is 7.35. The Morgan fingerprint density at radius 1 is 1.37 bits per heavy atom. The molecule has 12 heteroatoms. The third-order valence-corrected chi connectivity index (χ3v) is 5.31. The lowest BCUT2D eigenvalue weighted by Gasteiger charge is -2.30. The van der Waals surface area contributed by atoms with E-state index < -0.39 is 15.0 Å². The average Bonchev–Trinajstić information content (AvgIpc) is 2.66. The molecule has 0 atom stereocenters. The number of nitrogens with zero attached hydrogens (tertiary/aromatic N) is 3. The molecule has 0 saturated carbocycles. The van der Waals surface area contributed by atoms with Crippen LogP contribution in [0.5, 0.6) is 5.75 Å². The molecule has 1 fully saturated rings. The monoisotopic (exact) mass is 456 g/mol. The number of hydrogen-bond acceptors (Lipinski definition) is 8. The van der Waals surface area contributed by atoms with Gasteiger partial charge in [-0.1, -0.05) is 23.7 Å². The van der Waals surface area contributed by atoms with Gasteiger partial charge in [0.15, 0.2) is 5.82 Å². The zero-order valence-corrected chi connectivity index (χ0v) is 17.6. The quantitative estimate of drug-likeness (QED) is 0.273. The van der Waals surface area contributed by atoms with Crippen LogP contribution >= 0.6 is 11.6 Å². The molecule has 0 amide bonds. The smallest absolute Gasteiger partial charge is 0.294 e. The van der Waals surface area contributed by atoms with Crippen LogP contribution in [-0.4, -0.2) is 46.0 Å². The second-order valence-electron chi connectivity index (χ2n) is 6.42. The zero-order valence-electron chi connectivity index (χ0n) is 16.0. The lowest BCUT2D eigenvalue weighted by Crippen LogP contribution is -2.39. The first-order valence-corrected chi connectivity index (χ1v) is 10.6. The summed E-state index contributed by atoms with van der Waals surface area (Å²) in [6.07, 6.45) is 3.64. The Hall–Kier alpha value is -2.89. The summed E-state index contributed by atoms with van der Waals surface area (Å²) in [5.74, 6) is 0.356. The number of phenols is 1. The molecule has 0 radical (unpaired) electrons. The van der Waals surface area contributed by atoms with Crippen LogP contribution in [0.25, 0.3) is 0 Å². The fourth-order valence-electron chi connectivity index (χ4n) is 2.70. The number of aryl methyl sites for hydroxylation is 1. The second-order valence-corrected chi connectivity index (χ2v) is 8.19. The van der Waals surface area contributed by atoms with Gasteiger partial charge in [0.05, 0.1) is 4.92 Å². The number of phenolic OH excluding ortho intramolecular Hbond substituents is 1. The van der Waals surface area contributed by atoms with Crippen molar-refractivity contribution in [3.8, 4) is 5.75 Å². The van der Waals surface area contributed by atoms with Crippen LogP contribution in [0.15, 0.2) is 53.4 Å². The van der Waals surface area contributed by atoms with Crippen LogP contribution in [0.4, 0.5) is 0 Å². The SMILES string of the molecule is Cc1ccc(O)cc1S(=O)(=O)O.O=[N+]([O-])C=C1NCCCN1Cc1ccc(Cl)nc1. The van der Waals surface area contributed by atoms with Gasteiger partial charge in [-0.15, -0.1) is 0 Å². The van der Waals surface area contributed by atoms with Crippen molar-refractivity contribution < 1.29 is 23.0 Å². The van der Waals surface area contributed by atoms with E-state index in [0.717, 1.165) is 37.3 Å². The highest BCUT2D eigenvalue weighted by molar-refractivity contribution is 7.85. The van der Waals surface area contributed by atoms with Gasteiger partial charge in [-0.2, -0.15) is 8.42 Å². The van der Waals surface area contributed by atoms with Gasteiger partial charge in [0.2, 0.25) is 0 Å². The van der Waals surface area contributed by atoms with E-state index >= 15 is 0 Å². The van der Waals surface area contributed by atoms with E-state index in [2.05, 4.69) is 10.3 Å². The van der Waals surface area contributed by atoms with Crippen LogP contribution in [0.2, 0.25) is 5.15 Å². The molecule has 1 aromatic carbocycles. The second kappa shape index (κ2) is 10.2. The van der Waals surface area contributed by atoms with Crippen molar-refractivity contribution in [2.45, 2.75) is 24.8 Å². The third kappa shape index (κ3) is 7.17. The number of pyridine rings is 1. The highest BCUT2D eigenvalue weighted by Gasteiger charge is 2.17. The van der Waals surface area contributed by atoms with Crippen LogP contribution in [0, 0.1) is 17.0 Å². The van der Waals surface area contributed by atoms with E-state index in [-0.39, 0.29) is 10.6 Å².